The molecule has 1 heterocycles. The van der Waals surface area contributed by atoms with Crippen molar-refractivity contribution >= 4 is 23.5 Å². The van der Waals surface area contributed by atoms with Gasteiger partial charge in [0.2, 0.25) is 0 Å². The topological polar surface area (TPSA) is 15.3 Å². The molecule has 2 aromatic carbocycles. The van der Waals surface area contributed by atoms with E-state index in [0.29, 0.717) is 0 Å². The lowest BCUT2D eigenvalue weighted by atomic mass is 10.1. The molecule has 0 saturated heterocycles. The van der Waals surface area contributed by atoms with Crippen molar-refractivity contribution in [3.63, 3.8) is 0 Å². The van der Waals surface area contributed by atoms with Crippen LogP contribution >= 0.6 is 12.1 Å². The number of nitrogens with zero attached hydrogens (tertiary/aromatic N) is 1. The second-order valence-corrected chi connectivity index (χ2v) is 5.01. The molecule has 2 aromatic rings. The number of fused-ring (bicyclic) bond motifs is 1. The van der Waals surface area contributed by atoms with Crippen molar-refractivity contribution < 1.29 is 0 Å². The summed E-state index contributed by atoms with van der Waals surface area (Å²) in [5.74, 6) is 0. The molecular weight excluding hydrogens is 228 g/mol. The summed E-state index contributed by atoms with van der Waals surface area (Å²) in [6.07, 6.45) is 0. The first-order valence-electron chi connectivity index (χ1n) is 5.69. The van der Waals surface area contributed by atoms with E-state index < -0.39 is 0 Å². The molecule has 2 nitrogen and oxygen atoms in total. The Labute approximate surface area is 106 Å². The van der Waals surface area contributed by atoms with E-state index in [2.05, 4.69) is 64.5 Å². The van der Waals surface area contributed by atoms with Crippen LogP contribution in [0.3, 0.4) is 0 Å². The first kappa shape index (κ1) is 10.7. The summed E-state index contributed by atoms with van der Waals surface area (Å²) in [4.78, 5) is 0. The molecule has 3 heteroatoms. The lowest BCUT2D eigenvalue weighted by Gasteiger charge is -2.29. The fraction of sp³-hybridized carbons (Fsp3) is 0.143. The summed E-state index contributed by atoms with van der Waals surface area (Å²) in [5.41, 5.74) is 5.11. The quantitative estimate of drug-likeness (QED) is 0.766. The van der Waals surface area contributed by atoms with E-state index in [9.17, 15) is 0 Å². The zero-order chi connectivity index (χ0) is 11.7. The molecule has 0 unspecified atom stereocenters. The third kappa shape index (κ3) is 2.04. The number of para-hydroxylation sites is 1. The van der Waals surface area contributed by atoms with Crippen molar-refractivity contribution in [2.24, 2.45) is 0 Å². The van der Waals surface area contributed by atoms with Crippen LogP contribution in [-0.4, -0.2) is 0 Å². The highest BCUT2D eigenvalue weighted by Crippen LogP contribution is 2.36. The Morgan fingerprint density at radius 3 is 2.65 bits per heavy atom. The average molecular weight is 242 g/mol. The summed E-state index contributed by atoms with van der Waals surface area (Å²) in [5, 5.41) is 0. The van der Waals surface area contributed by atoms with E-state index in [1.807, 2.05) is 0 Å². The average Bonchev–Trinajstić information content (AvgIpc) is 2.39. The summed E-state index contributed by atoms with van der Waals surface area (Å²) in [7, 11) is 0. The first-order chi connectivity index (χ1) is 8.34. The summed E-state index contributed by atoms with van der Waals surface area (Å²) in [6.45, 7) is 3.03. The SMILES string of the molecule is Cc1ccc(N2SNCc3ccccc32)cc1. The number of hydrogen-bond donors (Lipinski definition) is 1. The zero-order valence-corrected chi connectivity index (χ0v) is 10.5. The van der Waals surface area contributed by atoms with Crippen molar-refractivity contribution in [2.45, 2.75) is 13.5 Å². The van der Waals surface area contributed by atoms with Crippen LogP contribution in [0.15, 0.2) is 48.5 Å². The molecule has 0 amide bonds. The maximum absolute atomic E-state index is 3.35. The molecule has 0 aliphatic carbocycles. The molecule has 0 aromatic heterocycles. The minimum atomic E-state index is 0.920. The van der Waals surface area contributed by atoms with Crippen LogP contribution in [0, 0.1) is 6.92 Å². The van der Waals surface area contributed by atoms with Gasteiger partial charge < -0.3 is 0 Å². The molecule has 0 radical (unpaired) electrons. The molecule has 0 atom stereocenters. The van der Waals surface area contributed by atoms with Crippen LogP contribution in [0.1, 0.15) is 11.1 Å². The highest BCUT2D eigenvalue weighted by Gasteiger charge is 2.18. The van der Waals surface area contributed by atoms with Crippen LogP contribution in [-0.2, 0) is 6.54 Å². The fourth-order valence-corrected chi connectivity index (χ4v) is 2.81. The lowest BCUT2D eigenvalue weighted by Crippen LogP contribution is -2.22. The largest absolute Gasteiger partial charge is 0.271 e. The van der Waals surface area contributed by atoms with Gasteiger partial charge in [-0.05, 0) is 30.7 Å². The number of anilines is 2. The number of rotatable bonds is 1. The summed E-state index contributed by atoms with van der Waals surface area (Å²) < 4.78 is 5.58. The van der Waals surface area contributed by atoms with Crippen molar-refractivity contribution in [2.75, 3.05) is 4.31 Å². The van der Waals surface area contributed by atoms with E-state index >= 15 is 0 Å². The molecule has 3 rings (SSSR count). The third-order valence-electron chi connectivity index (χ3n) is 2.90. The van der Waals surface area contributed by atoms with Crippen LogP contribution in [0.25, 0.3) is 0 Å². The minimum absolute atomic E-state index is 0.920. The van der Waals surface area contributed by atoms with Gasteiger partial charge >= 0.3 is 0 Å². The number of hydrogen-bond acceptors (Lipinski definition) is 3. The van der Waals surface area contributed by atoms with E-state index in [1.165, 1.54) is 22.5 Å². The maximum Gasteiger partial charge on any atom is 0.0582 e. The van der Waals surface area contributed by atoms with E-state index in [1.54, 1.807) is 12.1 Å². The Morgan fingerprint density at radius 1 is 1.06 bits per heavy atom. The Kier molecular flexibility index (Phi) is 2.79. The Hall–Kier alpha value is -1.45. The molecule has 1 aliphatic heterocycles. The maximum atomic E-state index is 3.35. The molecule has 17 heavy (non-hydrogen) atoms. The standard InChI is InChI=1S/C14H14N2S/c1-11-6-8-13(9-7-11)16-14-5-3-2-4-12(14)10-15-17-16/h2-9,15H,10H2,1H3. The van der Waals surface area contributed by atoms with Crippen LogP contribution < -0.4 is 9.03 Å². The molecular formula is C14H14N2S. The van der Waals surface area contributed by atoms with Gasteiger partial charge in [0.1, 0.15) is 0 Å². The van der Waals surface area contributed by atoms with E-state index in [0.717, 1.165) is 6.54 Å². The number of benzene rings is 2. The van der Waals surface area contributed by atoms with Crippen molar-refractivity contribution in [1.82, 2.24) is 4.72 Å². The lowest BCUT2D eigenvalue weighted by molar-refractivity contribution is 0.954. The highest BCUT2D eigenvalue weighted by atomic mass is 32.2. The van der Waals surface area contributed by atoms with E-state index in [4.69, 9.17) is 0 Å². The van der Waals surface area contributed by atoms with Gasteiger partial charge in [-0.2, -0.15) is 0 Å². The van der Waals surface area contributed by atoms with Gasteiger partial charge in [0.15, 0.2) is 0 Å². The van der Waals surface area contributed by atoms with Gasteiger partial charge in [-0.1, -0.05) is 35.9 Å². The van der Waals surface area contributed by atoms with Crippen molar-refractivity contribution in [3.05, 3.63) is 59.7 Å². The highest BCUT2D eigenvalue weighted by molar-refractivity contribution is 7.99. The van der Waals surface area contributed by atoms with Crippen LogP contribution in [0.4, 0.5) is 11.4 Å². The summed E-state index contributed by atoms with van der Waals surface area (Å²) >= 11 is 1.65. The van der Waals surface area contributed by atoms with Gasteiger partial charge in [-0.15, -0.1) is 0 Å². The number of nitrogens with one attached hydrogen (secondary N) is 1. The molecule has 0 saturated carbocycles. The van der Waals surface area contributed by atoms with Crippen LogP contribution in [0.5, 0.6) is 0 Å². The van der Waals surface area contributed by atoms with Gasteiger partial charge in [-0.3, -0.25) is 4.31 Å². The Bertz CT molecular complexity index is 522. The smallest absolute Gasteiger partial charge is 0.0582 e. The second-order valence-electron chi connectivity index (χ2n) is 4.17. The molecule has 0 fully saturated rings. The fourth-order valence-electron chi connectivity index (χ4n) is 1.95. The predicted octanol–water partition coefficient (Wildman–Crippen LogP) is 3.80. The van der Waals surface area contributed by atoms with Crippen molar-refractivity contribution in [1.29, 1.82) is 0 Å². The van der Waals surface area contributed by atoms with Crippen molar-refractivity contribution in [3.8, 4) is 0 Å². The molecule has 0 bridgehead atoms. The van der Waals surface area contributed by atoms with Gasteiger partial charge in [-0.25, -0.2) is 4.72 Å². The monoisotopic (exact) mass is 242 g/mol. The Morgan fingerprint density at radius 2 is 1.82 bits per heavy atom. The molecule has 0 spiro atoms. The Balaban J connectivity index is 2.03. The predicted molar refractivity (Wildman–Crippen MR) is 74.2 cm³/mol. The zero-order valence-electron chi connectivity index (χ0n) is 9.68. The first-order valence-corrected chi connectivity index (χ1v) is 6.46. The van der Waals surface area contributed by atoms with Gasteiger partial charge in [0.05, 0.1) is 11.4 Å². The van der Waals surface area contributed by atoms with Crippen LogP contribution in [0.2, 0.25) is 0 Å². The second kappa shape index (κ2) is 4.43. The third-order valence-corrected chi connectivity index (χ3v) is 3.76. The van der Waals surface area contributed by atoms with Gasteiger partial charge in [0, 0.05) is 18.7 Å². The normalized spacial score (nSPS) is 14.5. The summed E-state index contributed by atoms with van der Waals surface area (Å²) in [6, 6.07) is 17.1. The minimum Gasteiger partial charge on any atom is -0.271 e. The molecule has 1 aliphatic rings. The number of aryl methyl sites for hydroxylation is 1. The molecule has 86 valence electrons. The van der Waals surface area contributed by atoms with Gasteiger partial charge in [0.25, 0.3) is 0 Å². The van der Waals surface area contributed by atoms with E-state index in [-0.39, 0.29) is 0 Å². The molecule has 1 N–H and O–H groups in total.